The van der Waals surface area contributed by atoms with Crippen LogP contribution in [-0.2, 0) is 6.54 Å². The van der Waals surface area contributed by atoms with E-state index in [0.717, 1.165) is 16.5 Å². The molecule has 1 N–H and O–H groups in total. The molecule has 3 aromatic rings. The number of aromatic carboxylic acids is 1. The SMILES string of the molecule is Cc1cccc2c1ccn2Cc1cc(F)ccc1C(=O)O. The summed E-state index contributed by atoms with van der Waals surface area (Å²) < 4.78 is 15.3. The van der Waals surface area contributed by atoms with Gasteiger partial charge in [-0.1, -0.05) is 12.1 Å². The van der Waals surface area contributed by atoms with E-state index in [1.54, 1.807) is 0 Å². The highest BCUT2D eigenvalue weighted by molar-refractivity contribution is 5.89. The lowest BCUT2D eigenvalue weighted by molar-refractivity contribution is 0.0695. The molecule has 106 valence electrons. The highest BCUT2D eigenvalue weighted by Crippen LogP contribution is 2.22. The molecule has 3 nitrogen and oxygen atoms in total. The summed E-state index contributed by atoms with van der Waals surface area (Å²) >= 11 is 0. The summed E-state index contributed by atoms with van der Waals surface area (Å²) in [5.74, 6) is -1.47. The van der Waals surface area contributed by atoms with Crippen molar-refractivity contribution in [1.82, 2.24) is 4.57 Å². The van der Waals surface area contributed by atoms with Crippen molar-refractivity contribution in [1.29, 1.82) is 0 Å². The van der Waals surface area contributed by atoms with Gasteiger partial charge in [0.2, 0.25) is 0 Å². The minimum absolute atomic E-state index is 0.130. The van der Waals surface area contributed by atoms with Gasteiger partial charge in [-0.05, 0) is 48.4 Å². The molecule has 0 spiro atoms. The van der Waals surface area contributed by atoms with Gasteiger partial charge in [0, 0.05) is 23.6 Å². The third-order valence-corrected chi connectivity index (χ3v) is 3.67. The molecule has 4 heteroatoms. The maximum atomic E-state index is 13.4. The molecule has 21 heavy (non-hydrogen) atoms. The van der Waals surface area contributed by atoms with Crippen molar-refractivity contribution in [3.05, 3.63) is 71.2 Å². The fourth-order valence-corrected chi connectivity index (χ4v) is 2.60. The third-order valence-electron chi connectivity index (χ3n) is 3.67. The van der Waals surface area contributed by atoms with Crippen molar-refractivity contribution < 1.29 is 14.3 Å². The van der Waals surface area contributed by atoms with Gasteiger partial charge >= 0.3 is 5.97 Å². The second kappa shape index (κ2) is 5.05. The first-order valence-electron chi connectivity index (χ1n) is 6.62. The summed E-state index contributed by atoms with van der Waals surface area (Å²) in [6.07, 6.45) is 1.90. The van der Waals surface area contributed by atoms with Crippen LogP contribution in [0.25, 0.3) is 10.9 Å². The van der Waals surface area contributed by atoms with Crippen LogP contribution >= 0.6 is 0 Å². The molecular weight excluding hydrogens is 269 g/mol. The van der Waals surface area contributed by atoms with Gasteiger partial charge in [-0.2, -0.15) is 0 Å². The fourth-order valence-electron chi connectivity index (χ4n) is 2.60. The van der Waals surface area contributed by atoms with Gasteiger partial charge < -0.3 is 9.67 Å². The zero-order chi connectivity index (χ0) is 15.0. The van der Waals surface area contributed by atoms with Crippen LogP contribution in [0.5, 0.6) is 0 Å². The zero-order valence-corrected chi connectivity index (χ0v) is 11.5. The third kappa shape index (κ3) is 2.40. The molecule has 0 aliphatic rings. The van der Waals surface area contributed by atoms with Crippen LogP contribution < -0.4 is 0 Å². The standard InChI is InChI=1S/C17H14FNO2/c1-11-3-2-4-16-14(11)7-8-19(16)10-12-9-13(18)5-6-15(12)17(20)21/h2-9H,10H2,1H3,(H,20,21). The van der Waals surface area contributed by atoms with E-state index < -0.39 is 11.8 Å². The number of carboxylic acids is 1. The molecule has 0 aliphatic heterocycles. The molecule has 0 amide bonds. The van der Waals surface area contributed by atoms with Crippen LogP contribution in [0.4, 0.5) is 4.39 Å². The lowest BCUT2D eigenvalue weighted by Crippen LogP contribution is -2.07. The maximum absolute atomic E-state index is 13.4. The first-order chi connectivity index (χ1) is 10.1. The van der Waals surface area contributed by atoms with Gasteiger partial charge in [0.25, 0.3) is 0 Å². The second-order valence-electron chi connectivity index (χ2n) is 5.06. The number of carbonyl (C=O) groups is 1. The Balaban J connectivity index is 2.09. The normalized spacial score (nSPS) is 11.0. The van der Waals surface area contributed by atoms with Gasteiger partial charge in [0.1, 0.15) is 5.82 Å². The molecule has 0 saturated carbocycles. The van der Waals surface area contributed by atoms with Crippen molar-refractivity contribution >= 4 is 16.9 Å². The molecule has 0 fully saturated rings. The quantitative estimate of drug-likeness (QED) is 0.793. The van der Waals surface area contributed by atoms with Crippen LogP contribution in [0, 0.1) is 12.7 Å². The van der Waals surface area contributed by atoms with E-state index in [0.29, 0.717) is 12.1 Å². The highest BCUT2D eigenvalue weighted by Gasteiger charge is 2.12. The molecule has 1 heterocycles. The first kappa shape index (κ1) is 13.4. The van der Waals surface area contributed by atoms with E-state index in [1.807, 2.05) is 42.0 Å². The lowest BCUT2D eigenvalue weighted by atomic mass is 10.1. The first-order valence-corrected chi connectivity index (χ1v) is 6.62. The molecule has 2 aromatic carbocycles. The topological polar surface area (TPSA) is 42.2 Å². The number of benzene rings is 2. The van der Waals surface area contributed by atoms with E-state index in [1.165, 1.54) is 18.2 Å². The molecule has 3 rings (SSSR count). The van der Waals surface area contributed by atoms with E-state index in [-0.39, 0.29) is 5.56 Å². The van der Waals surface area contributed by atoms with Crippen LogP contribution in [0.1, 0.15) is 21.5 Å². The van der Waals surface area contributed by atoms with Crippen molar-refractivity contribution in [3.63, 3.8) is 0 Å². The predicted octanol–water partition coefficient (Wildman–Crippen LogP) is 3.84. The predicted molar refractivity (Wildman–Crippen MR) is 79.1 cm³/mol. The van der Waals surface area contributed by atoms with Crippen molar-refractivity contribution in [2.24, 2.45) is 0 Å². The minimum Gasteiger partial charge on any atom is -0.478 e. The molecular formula is C17H14FNO2. The Morgan fingerprint density at radius 1 is 1.24 bits per heavy atom. The van der Waals surface area contributed by atoms with E-state index >= 15 is 0 Å². The van der Waals surface area contributed by atoms with E-state index in [9.17, 15) is 14.3 Å². The number of aryl methyl sites for hydroxylation is 1. The number of rotatable bonds is 3. The Bertz CT molecular complexity index is 836. The lowest BCUT2D eigenvalue weighted by Gasteiger charge is -2.09. The molecule has 0 saturated heterocycles. The maximum Gasteiger partial charge on any atom is 0.336 e. The van der Waals surface area contributed by atoms with Gasteiger partial charge in [-0.3, -0.25) is 0 Å². The van der Waals surface area contributed by atoms with Crippen LogP contribution in [0.15, 0.2) is 48.7 Å². The van der Waals surface area contributed by atoms with Gasteiger partial charge in [-0.15, -0.1) is 0 Å². The summed E-state index contributed by atoms with van der Waals surface area (Å²) in [7, 11) is 0. The van der Waals surface area contributed by atoms with Crippen LogP contribution in [0.2, 0.25) is 0 Å². The summed E-state index contributed by atoms with van der Waals surface area (Å²) in [6.45, 7) is 2.35. The fraction of sp³-hybridized carbons (Fsp3) is 0.118. The number of hydrogen-bond donors (Lipinski definition) is 1. The Hall–Kier alpha value is -2.62. The Morgan fingerprint density at radius 3 is 2.81 bits per heavy atom. The second-order valence-corrected chi connectivity index (χ2v) is 5.06. The van der Waals surface area contributed by atoms with Crippen molar-refractivity contribution in [3.8, 4) is 0 Å². The number of aromatic nitrogens is 1. The Morgan fingerprint density at radius 2 is 2.05 bits per heavy atom. The molecule has 0 unspecified atom stereocenters. The van der Waals surface area contributed by atoms with Crippen LogP contribution in [-0.4, -0.2) is 15.6 Å². The molecule has 0 radical (unpaired) electrons. The zero-order valence-electron chi connectivity index (χ0n) is 11.5. The Kier molecular flexibility index (Phi) is 3.22. The molecule has 0 bridgehead atoms. The number of hydrogen-bond acceptors (Lipinski definition) is 1. The number of halogens is 1. The van der Waals surface area contributed by atoms with Gasteiger partial charge in [0.15, 0.2) is 0 Å². The Labute approximate surface area is 121 Å². The summed E-state index contributed by atoms with van der Waals surface area (Å²) in [4.78, 5) is 11.2. The average Bonchev–Trinajstić information content (AvgIpc) is 2.83. The molecule has 0 atom stereocenters. The molecule has 0 aliphatic carbocycles. The van der Waals surface area contributed by atoms with Gasteiger partial charge in [-0.25, -0.2) is 9.18 Å². The van der Waals surface area contributed by atoms with Gasteiger partial charge in [0.05, 0.1) is 5.56 Å². The van der Waals surface area contributed by atoms with E-state index in [4.69, 9.17) is 0 Å². The summed E-state index contributed by atoms with van der Waals surface area (Å²) in [6, 6.07) is 11.7. The summed E-state index contributed by atoms with van der Waals surface area (Å²) in [5.41, 5.74) is 2.76. The van der Waals surface area contributed by atoms with Crippen molar-refractivity contribution in [2.75, 3.05) is 0 Å². The minimum atomic E-state index is -1.04. The van der Waals surface area contributed by atoms with Crippen LogP contribution in [0.3, 0.4) is 0 Å². The average molecular weight is 283 g/mol. The highest BCUT2D eigenvalue weighted by atomic mass is 19.1. The van der Waals surface area contributed by atoms with E-state index in [2.05, 4.69) is 0 Å². The largest absolute Gasteiger partial charge is 0.478 e. The molecule has 1 aromatic heterocycles. The van der Waals surface area contributed by atoms with Crippen molar-refractivity contribution in [2.45, 2.75) is 13.5 Å². The number of fused-ring (bicyclic) bond motifs is 1. The number of carboxylic acid groups (broad SMARTS) is 1. The summed E-state index contributed by atoms with van der Waals surface area (Å²) in [5, 5.41) is 10.3. The number of nitrogens with zero attached hydrogens (tertiary/aromatic N) is 1. The smallest absolute Gasteiger partial charge is 0.336 e. The monoisotopic (exact) mass is 283 g/mol.